The molecule has 2 aromatic heterocycles. The van der Waals surface area contributed by atoms with Gasteiger partial charge in [0.2, 0.25) is 0 Å². The highest BCUT2D eigenvalue weighted by atomic mass is 32.1. The lowest BCUT2D eigenvalue weighted by Crippen LogP contribution is -2.42. The van der Waals surface area contributed by atoms with Gasteiger partial charge in [-0.15, -0.1) is 11.3 Å². The van der Waals surface area contributed by atoms with E-state index in [-0.39, 0.29) is 0 Å². The molecule has 0 aliphatic heterocycles. The highest BCUT2D eigenvalue weighted by molar-refractivity contribution is 7.07. The van der Waals surface area contributed by atoms with Crippen molar-refractivity contribution in [1.29, 1.82) is 0 Å². The summed E-state index contributed by atoms with van der Waals surface area (Å²) in [5, 5.41) is 2.06. The van der Waals surface area contributed by atoms with Gasteiger partial charge in [0.15, 0.2) is 0 Å². The van der Waals surface area contributed by atoms with Crippen LogP contribution in [0.2, 0.25) is 0 Å². The number of hydrogen-bond donors (Lipinski definition) is 0. The van der Waals surface area contributed by atoms with E-state index in [0.717, 1.165) is 28.8 Å². The van der Waals surface area contributed by atoms with Crippen molar-refractivity contribution in [3.63, 3.8) is 0 Å². The third kappa shape index (κ3) is 3.16. The quantitative estimate of drug-likeness (QED) is 0.318. The molecule has 4 nitrogen and oxygen atoms in total. The molecule has 0 bridgehead atoms. The SMILES string of the molecule is C[C@]12CC[C@@H]3c4ccc(OCc5cscn5)cc4CC[C@H]3[C@@H]1CCC2n1cnc2ccccc21. The van der Waals surface area contributed by atoms with Gasteiger partial charge in [0.25, 0.3) is 0 Å². The summed E-state index contributed by atoms with van der Waals surface area (Å²) in [5.74, 6) is 3.28. The van der Waals surface area contributed by atoms with Crippen LogP contribution in [0.25, 0.3) is 11.0 Å². The van der Waals surface area contributed by atoms with Crippen LogP contribution in [0.3, 0.4) is 0 Å². The summed E-state index contributed by atoms with van der Waals surface area (Å²) in [7, 11) is 0. The zero-order valence-electron chi connectivity index (χ0n) is 19.7. The molecule has 174 valence electrons. The van der Waals surface area contributed by atoms with Crippen molar-refractivity contribution in [2.45, 2.75) is 64.0 Å². The molecule has 2 heterocycles. The fourth-order valence-electron chi connectivity index (χ4n) is 7.77. The third-order valence-corrected chi connectivity index (χ3v) is 9.97. The molecule has 7 rings (SSSR count). The van der Waals surface area contributed by atoms with Crippen molar-refractivity contribution >= 4 is 22.4 Å². The first-order chi connectivity index (χ1) is 16.7. The molecule has 0 spiro atoms. The molecule has 2 saturated carbocycles. The average molecular weight is 470 g/mol. The molecule has 2 fully saturated rings. The Balaban J connectivity index is 1.14. The van der Waals surface area contributed by atoms with Crippen LogP contribution in [0, 0.1) is 17.3 Å². The Bertz CT molecular complexity index is 1330. The average Bonchev–Trinajstić information content (AvgIpc) is 3.60. The van der Waals surface area contributed by atoms with Gasteiger partial charge in [-0.25, -0.2) is 9.97 Å². The summed E-state index contributed by atoms with van der Waals surface area (Å²) in [4.78, 5) is 9.07. The van der Waals surface area contributed by atoms with Crippen LogP contribution in [0.1, 0.15) is 67.8 Å². The predicted octanol–water partition coefficient (Wildman–Crippen LogP) is 7.17. The standard InChI is InChI=1S/C29H31N3OS/c1-29-13-12-23-22-9-7-21(33-15-20-16-34-18-31-20)14-19(22)6-8-24(23)25(29)10-11-28(29)32-17-30-26-4-2-3-5-27(26)32/h2-5,7,9,14,16-18,23-25,28H,6,8,10-13,15H2,1H3/t23-,24-,25+,28?,29+/m1/s1. The first kappa shape index (κ1) is 20.7. The van der Waals surface area contributed by atoms with Gasteiger partial charge in [-0.1, -0.05) is 25.1 Å². The summed E-state index contributed by atoms with van der Waals surface area (Å²) in [6.07, 6.45) is 9.82. The minimum atomic E-state index is 0.360. The van der Waals surface area contributed by atoms with Gasteiger partial charge in [0, 0.05) is 11.4 Å². The molecule has 34 heavy (non-hydrogen) atoms. The van der Waals surface area contributed by atoms with E-state index in [2.05, 4.69) is 70.6 Å². The Labute approximate surface area is 205 Å². The maximum atomic E-state index is 6.06. The summed E-state index contributed by atoms with van der Waals surface area (Å²) in [6, 6.07) is 16.1. The summed E-state index contributed by atoms with van der Waals surface area (Å²) < 4.78 is 8.58. The molecule has 3 aliphatic rings. The second-order valence-corrected chi connectivity index (χ2v) is 11.5. The Morgan fingerprint density at radius 3 is 2.94 bits per heavy atom. The number of fused-ring (bicyclic) bond motifs is 6. The topological polar surface area (TPSA) is 39.9 Å². The van der Waals surface area contributed by atoms with Gasteiger partial charge in [-0.3, -0.25) is 0 Å². The van der Waals surface area contributed by atoms with E-state index < -0.39 is 0 Å². The number of ether oxygens (including phenoxy) is 1. The Morgan fingerprint density at radius 1 is 1.09 bits per heavy atom. The van der Waals surface area contributed by atoms with Gasteiger partial charge < -0.3 is 9.30 Å². The second-order valence-electron chi connectivity index (χ2n) is 10.8. The Morgan fingerprint density at radius 2 is 2.03 bits per heavy atom. The molecule has 5 heteroatoms. The lowest BCUT2D eigenvalue weighted by atomic mass is 9.55. The molecule has 0 amide bonds. The van der Waals surface area contributed by atoms with Gasteiger partial charge in [-0.05, 0) is 97.1 Å². The molecule has 1 unspecified atom stereocenters. The van der Waals surface area contributed by atoms with Gasteiger partial charge in [0.05, 0.1) is 28.6 Å². The molecule has 0 saturated heterocycles. The molecule has 3 aliphatic carbocycles. The highest BCUT2D eigenvalue weighted by Crippen LogP contribution is 2.64. The number of rotatable bonds is 4. The molecular formula is C29H31N3OS. The van der Waals surface area contributed by atoms with Crippen LogP contribution in [0.4, 0.5) is 0 Å². The van der Waals surface area contributed by atoms with E-state index in [4.69, 9.17) is 9.72 Å². The predicted molar refractivity (Wildman–Crippen MR) is 136 cm³/mol. The van der Waals surface area contributed by atoms with E-state index in [9.17, 15) is 0 Å². The van der Waals surface area contributed by atoms with Gasteiger partial charge >= 0.3 is 0 Å². The molecule has 0 N–H and O–H groups in total. The van der Waals surface area contributed by atoms with Crippen molar-refractivity contribution in [3.8, 4) is 5.75 Å². The number of benzene rings is 2. The highest BCUT2D eigenvalue weighted by Gasteiger charge is 2.55. The fourth-order valence-corrected chi connectivity index (χ4v) is 8.31. The van der Waals surface area contributed by atoms with E-state index in [1.54, 1.807) is 16.9 Å². The normalized spacial score (nSPS) is 30.0. The molecule has 4 aromatic rings. The number of aryl methyl sites for hydroxylation is 1. The molecule has 2 aromatic carbocycles. The van der Waals surface area contributed by atoms with Crippen molar-refractivity contribution in [2.75, 3.05) is 0 Å². The summed E-state index contributed by atoms with van der Waals surface area (Å²) >= 11 is 1.62. The largest absolute Gasteiger partial charge is 0.487 e. The van der Waals surface area contributed by atoms with Gasteiger partial charge in [0.1, 0.15) is 12.4 Å². The molecule has 5 atom stereocenters. The van der Waals surface area contributed by atoms with Crippen LogP contribution in [0.15, 0.2) is 59.7 Å². The Hall–Kier alpha value is -2.66. The Kier molecular flexibility index (Phi) is 4.83. The van der Waals surface area contributed by atoms with Crippen LogP contribution in [0.5, 0.6) is 5.75 Å². The van der Waals surface area contributed by atoms with Crippen molar-refractivity contribution < 1.29 is 4.74 Å². The molecular weight excluding hydrogens is 438 g/mol. The first-order valence-electron chi connectivity index (χ1n) is 12.7. The van der Waals surface area contributed by atoms with Crippen LogP contribution in [-0.4, -0.2) is 14.5 Å². The van der Waals surface area contributed by atoms with Gasteiger partial charge in [-0.2, -0.15) is 0 Å². The van der Waals surface area contributed by atoms with Crippen molar-refractivity contribution in [2.24, 2.45) is 17.3 Å². The number of aromatic nitrogens is 3. The van der Waals surface area contributed by atoms with E-state index >= 15 is 0 Å². The summed E-state index contributed by atoms with van der Waals surface area (Å²) in [5.41, 5.74) is 8.77. The zero-order chi connectivity index (χ0) is 22.7. The van der Waals surface area contributed by atoms with Crippen LogP contribution in [-0.2, 0) is 13.0 Å². The third-order valence-electron chi connectivity index (χ3n) is 9.34. The summed E-state index contributed by atoms with van der Waals surface area (Å²) in [6.45, 7) is 3.14. The minimum absolute atomic E-state index is 0.360. The number of nitrogens with zero attached hydrogens (tertiary/aromatic N) is 3. The molecule has 0 radical (unpaired) electrons. The number of thiazole rings is 1. The van der Waals surface area contributed by atoms with Crippen molar-refractivity contribution in [1.82, 2.24) is 14.5 Å². The minimum Gasteiger partial charge on any atom is -0.487 e. The second kappa shape index (κ2) is 7.94. The lowest BCUT2D eigenvalue weighted by molar-refractivity contribution is 0.0331. The maximum Gasteiger partial charge on any atom is 0.131 e. The van der Waals surface area contributed by atoms with E-state index in [1.165, 1.54) is 49.6 Å². The zero-order valence-corrected chi connectivity index (χ0v) is 20.5. The number of para-hydroxylation sites is 2. The van der Waals surface area contributed by atoms with Crippen molar-refractivity contribution in [3.05, 3.63) is 76.5 Å². The monoisotopic (exact) mass is 469 g/mol. The number of hydrogen-bond acceptors (Lipinski definition) is 4. The van der Waals surface area contributed by atoms with Crippen LogP contribution < -0.4 is 4.74 Å². The van der Waals surface area contributed by atoms with E-state index in [0.29, 0.717) is 24.0 Å². The number of imidazole rings is 1. The smallest absolute Gasteiger partial charge is 0.131 e. The van der Waals surface area contributed by atoms with E-state index in [1.807, 2.05) is 5.51 Å². The first-order valence-corrected chi connectivity index (χ1v) is 13.7. The fraction of sp³-hybridized carbons (Fsp3) is 0.448. The lowest BCUT2D eigenvalue weighted by Gasteiger charge is -2.51. The van der Waals surface area contributed by atoms with Crippen LogP contribution >= 0.6 is 11.3 Å². The maximum absolute atomic E-state index is 6.06.